The molecule has 0 spiro atoms. The van der Waals surface area contributed by atoms with Gasteiger partial charge in [0.15, 0.2) is 4.34 Å². The summed E-state index contributed by atoms with van der Waals surface area (Å²) < 4.78 is 1.71. The second kappa shape index (κ2) is 11.4. The van der Waals surface area contributed by atoms with Crippen LogP contribution in [0.3, 0.4) is 0 Å². The van der Waals surface area contributed by atoms with Crippen LogP contribution in [0.1, 0.15) is 24.8 Å². The van der Waals surface area contributed by atoms with E-state index in [9.17, 15) is 9.59 Å². The van der Waals surface area contributed by atoms with Crippen LogP contribution in [0.5, 0.6) is 0 Å². The summed E-state index contributed by atoms with van der Waals surface area (Å²) in [5.41, 5.74) is 13.9. The minimum absolute atomic E-state index is 0.112. The molecule has 0 unspecified atom stereocenters. The average Bonchev–Trinajstić information content (AvgIpc) is 3.20. The second-order valence-corrected chi connectivity index (χ2v) is 9.68. The first-order chi connectivity index (χ1) is 15.0. The molecule has 3 aromatic rings. The Kier molecular flexibility index (Phi) is 8.60. The summed E-state index contributed by atoms with van der Waals surface area (Å²) in [5, 5.41) is -0.112. The zero-order valence-corrected chi connectivity index (χ0v) is 19.2. The molecular formula is C23H28N4O2S2. The first-order valence-electron chi connectivity index (χ1n) is 10.3. The number of thioether (sulfide) groups is 1. The predicted molar refractivity (Wildman–Crippen MR) is 128 cm³/mol. The summed E-state index contributed by atoms with van der Waals surface area (Å²) in [5.74, 6) is -0.226. The molecule has 0 aliphatic carbocycles. The van der Waals surface area contributed by atoms with Crippen molar-refractivity contribution in [2.75, 3.05) is 13.6 Å². The Hall–Kier alpha value is -2.26. The van der Waals surface area contributed by atoms with E-state index in [-0.39, 0.29) is 11.0 Å². The van der Waals surface area contributed by atoms with Crippen molar-refractivity contribution < 1.29 is 9.59 Å². The lowest BCUT2D eigenvalue weighted by Gasteiger charge is -2.29. The van der Waals surface area contributed by atoms with Crippen LogP contribution < -0.4 is 11.5 Å². The van der Waals surface area contributed by atoms with Gasteiger partial charge in [0.2, 0.25) is 11.0 Å². The van der Waals surface area contributed by atoms with Gasteiger partial charge in [-0.3, -0.25) is 9.59 Å². The summed E-state index contributed by atoms with van der Waals surface area (Å²) in [6.07, 6.45) is 2.38. The van der Waals surface area contributed by atoms with Gasteiger partial charge in [-0.1, -0.05) is 42.5 Å². The van der Waals surface area contributed by atoms with Crippen molar-refractivity contribution in [1.82, 2.24) is 9.88 Å². The van der Waals surface area contributed by atoms with Gasteiger partial charge in [0, 0.05) is 7.05 Å². The van der Waals surface area contributed by atoms with E-state index in [0.717, 1.165) is 27.5 Å². The van der Waals surface area contributed by atoms with Crippen LogP contribution in [0.15, 0.2) is 58.9 Å². The van der Waals surface area contributed by atoms with E-state index in [1.165, 1.54) is 16.2 Å². The van der Waals surface area contributed by atoms with Crippen LogP contribution in [0, 0.1) is 0 Å². The Morgan fingerprint density at radius 2 is 1.81 bits per heavy atom. The molecule has 0 aliphatic rings. The lowest BCUT2D eigenvalue weighted by molar-refractivity contribution is -0.137. The Morgan fingerprint density at radius 3 is 2.52 bits per heavy atom. The summed E-state index contributed by atoms with van der Waals surface area (Å²) in [6, 6.07) is 16.5. The highest BCUT2D eigenvalue weighted by Gasteiger charge is 2.30. The zero-order chi connectivity index (χ0) is 22.2. The molecule has 0 bridgehead atoms. The number of para-hydroxylation sites is 1. The molecule has 0 saturated carbocycles. The highest BCUT2D eigenvalue weighted by molar-refractivity contribution is 8.15. The highest BCUT2D eigenvalue weighted by Crippen LogP contribution is 2.31. The van der Waals surface area contributed by atoms with Gasteiger partial charge in [-0.15, -0.1) is 11.3 Å². The van der Waals surface area contributed by atoms with Crippen molar-refractivity contribution in [1.29, 1.82) is 0 Å². The van der Waals surface area contributed by atoms with Gasteiger partial charge in [0.25, 0.3) is 0 Å². The number of rotatable bonds is 10. The summed E-state index contributed by atoms with van der Waals surface area (Å²) in [4.78, 5) is 32.1. The molecule has 1 aromatic heterocycles. The summed E-state index contributed by atoms with van der Waals surface area (Å²) in [6.45, 7) is 0.456. The van der Waals surface area contributed by atoms with Crippen LogP contribution >= 0.6 is 23.1 Å². The van der Waals surface area contributed by atoms with Gasteiger partial charge in [0.05, 0.1) is 16.3 Å². The molecule has 1 amide bonds. The first kappa shape index (κ1) is 23.4. The molecule has 3 rings (SSSR count). The van der Waals surface area contributed by atoms with Gasteiger partial charge >= 0.3 is 0 Å². The largest absolute Gasteiger partial charge is 0.333 e. The maximum atomic E-state index is 13.1. The van der Waals surface area contributed by atoms with E-state index < -0.39 is 12.1 Å². The lowest BCUT2D eigenvalue weighted by Crippen LogP contribution is -2.49. The molecule has 6 nitrogen and oxygen atoms in total. The predicted octanol–water partition coefficient (Wildman–Crippen LogP) is 3.44. The van der Waals surface area contributed by atoms with Gasteiger partial charge in [-0.2, -0.15) is 0 Å². The number of aryl methyl sites for hydroxylation is 1. The smallest absolute Gasteiger partial charge is 0.239 e. The zero-order valence-electron chi connectivity index (χ0n) is 17.6. The number of carbonyl (C=O) groups is 2. The second-order valence-electron chi connectivity index (χ2n) is 7.40. The molecule has 0 saturated heterocycles. The molecule has 1 heterocycles. The number of likely N-dealkylation sites (N-methyl/N-ethyl adjacent to an activating group) is 1. The molecule has 0 aliphatic heterocycles. The number of hydrogen-bond donors (Lipinski definition) is 2. The third-order valence-corrected chi connectivity index (χ3v) is 7.21. The number of thiazole rings is 1. The Bertz CT molecular complexity index is 976. The fraction of sp³-hybridized carbons (Fsp3) is 0.348. The number of amides is 1. The number of nitrogens with two attached hydrogens (primary N) is 2. The van der Waals surface area contributed by atoms with Crippen LogP contribution in [0.4, 0.5) is 0 Å². The van der Waals surface area contributed by atoms with E-state index in [4.69, 9.17) is 11.5 Å². The molecule has 2 atom stereocenters. The van der Waals surface area contributed by atoms with Gasteiger partial charge in [-0.25, -0.2) is 4.98 Å². The number of fused-ring (bicyclic) bond motifs is 1. The van der Waals surface area contributed by atoms with Crippen molar-refractivity contribution in [3.8, 4) is 0 Å². The Morgan fingerprint density at radius 1 is 1.10 bits per heavy atom. The van der Waals surface area contributed by atoms with Crippen molar-refractivity contribution in [2.24, 2.45) is 11.5 Å². The van der Waals surface area contributed by atoms with Crippen LogP contribution in [0.2, 0.25) is 0 Å². The third kappa shape index (κ3) is 6.36. The monoisotopic (exact) mass is 456 g/mol. The van der Waals surface area contributed by atoms with Crippen LogP contribution in [-0.2, 0) is 16.0 Å². The van der Waals surface area contributed by atoms with Crippen LogP contribution in [0.25, 0.3) is 10.2 Å². The Labute approximate surface area is 191 Å². The molecule has 31 heavy (non-hydrogen) atoms. The van der Waals surface area contributed by atoms with E-state index in [1.54, 1.807) is 7.05 Å². The van der Waals surface area contributed by atoms with E-state index >= 15 is 0 Å². The summed E-state index contributed by atoms with van der Waals surface area (Å²) in [7, 11) is 1.66. The van der Waals surface area contributed by atoms with E-state index in [2.05, 4.69) is 4.98 Å². The number of aromatic nitrogens is 1. The number of nitrogens with zero attached hydrogens (tertiary/aromatic N) is 2. The quantitative estimate of drug-likeness (QED) is 0.453. The van der Waals surface area contributed by atoms with E-state index in [1.807, 2.05) is 54.6 Å². The number of benzene rings is 2. The molecule has 0 radical (unpaired) electrons. The van der Waals surface area contributed by atoms with Crippen molar-refractivity contribution in [3.05, 3.63) is 60.2 Å². The molecule has 4 N–H and O–H groups in total. The van der Waals surface area contributed by atoms with E-state index in [0.29, 0.717) is 36.6 Å². The Balaban J connectivity index is 1.65. The third-order valence-electron chi connectivity index (χ3n) is 5.14. The van der Waals surface area contributed by atoms with Crippen molar-refractivity contribution >= 4 is 44.3 Å². The maximum absolute atomic E-state index is 13.1. The molecular weight excluding hydrogens is 428 g/mol. The lowest BCUT2D eigenvalue weighted by atomic mass is 10.0. The van der Waals surface area contributed by atoms with Gasteiger partial charge in [-0.05, 0) is 61.7 Å². The number of carbonyl (C=O) groups excluding carboxylic acids is 2. The standard InChI is InChI=1S/C23H28N4O2S2/c1-27(21(28)17(25)14-13-16-8-3-2-4-9-16)19(11-7-15-24)22(29)31-23-26-18-10-5-6-12-20(18)30-23/h2-6,8-10,12,17,19H,7,11,13-15,24-25H2,1H3/t17-,19-/m0/s1. The molecule has 2 aromatic carbocycles. The molecule has 164 valence electrons. The topological polar surface area (TPSA) is 102 Å². The van der Waals surface area contributed by atoms with Gasteiger partial charge in [0.1, 0.15) is 6.04 Å². The molecule has 0 fully saturated rings. The van der Waals surface area contributed by atoms with Crippen LogP contribution in [-0.4, -0.2) is 46.6 Å². The van der Waals surface area contributed by atoms with Crippen molar-refractivity contribution in [2.45, 2.75) is 42.1 Å². The van der Waals surface area contributed by atoms with Crippen molar-refractivity contribution in [3.63, 3.8) is 0 Å². The summed E-state index contributed by atoms with van der Waals surface area (Å²) >= 11 is 2.57. The first-order valence-corrected chi connectivity index (χ1v) is 12.0. The van der Waals surface area contributed by atoms with Gasteiger partial charge < -0.3 is 16.4 Å². The SMILES string of the molecule is CN(C(=O)[C@@H](N)CCc1ccccc1)[C@@H](CCCN)C(=O)Sc1nc2ccccc2s1. The maximum Gasteiger partial charge on any atom is 0.239 e. The normalized spacial score (nSPS) is 13.1. The fourth-order valence-electron chi connectivity index (χ4n) is 3.34. The fourth-order valence-corrected chi connectivity index (χ4v) is 5.44. The molecule has 8 heteroatoms. The minimum atomic E-state index is -0.661. The highest BCUT2D eigenvalue weighted by atomic mass is 32.2. The minimum Gasteiger partial charge on any atom is -0.333 e. The number of hydrogen-bond acceptors (Lipinski definition) is 7. The average molecular weight is 457 g/mol.